The molecule has 0 nitrogen and oxygen atoms in total. The zero-order chi connectivity index (χ0) is 33.7. The van der Waals surface area contributed by atoms with Crippen LogP contribution in [0.2, 0.25) is 0 Å². The average molecular weight is 635 g/mol. The van der Waals surface area contributed by atoms with E-state index in [1.165, 1.54) is 55.6 Å². The van der Waals surface area contributed by atoms with E-state index < -0.39 is 0 Å². The maximum atomic E-state index is 5.98. The summed E-state index contributed by atoms with van der Waals surface area (Å²) in [6.07, 6.45) is 5.98. The molecule has 0 heteroatoms. The predicted molar refractivity (Wildman–Crippen MR) is 212 cm³/mol. The molecule has 0 amide bonds. The van der Waals surface area contributed by atoms with E-state index in [2.05, 4.69) is 200 Å². The Kier molecular flexibility index (Phi) is 8.47. The van der Waals surface area contributed by atoms with Gasteiger partial charge in [-0.2, -0.15) is 0 Å². The molecule has 0 saturated heterocycles. The van der Waals surface area contributed by atoms with E-state index in [9.17, 15) is 0 Å². The lowest BCUT2D eigenvalue weighted by molar-refractivity contribution is 1.54. The van der Waals surface area contributed by atoms with Crippen molar-refractivity contribution >= 4 is 0 Å². The van der Waals surface area contributed by atoms with Crippen LogP contribution in [0.25, 0.3) is 77.9 Å². The van der Waals surface area contributed by atoms with Crippen molar-refractivity contribution in [2.24, 2.45) is 0 Å². The lowest BCUT2D eigenvalue weighted by Crippen LogP contribution is -1.87. The Morgan fingerprint density at radius 2 is 0.460 bits per heavy atom. The van der Waals surface area contributed by atoms with Crippen LogP contribution in [0.5, 0.6) is 0 Å². The molecule has 0 aliphatic carbocycles. The van der Waals surface area contributed by atoms with E-state index in [4.69, 9.17) is 6.42 Å². The second-order valence-electron chi connectivity index (χ2n) is 12.6. The van der Waals surface area contributed by atoms with Gasteiger partial charge in [-0.25, -0.2) is 0 Å². The lowest BCUT2D eigenvalue weighted by Gasteiger charge is -2.11. The molecule has 8 aromatic carbocycles. The maximum Gasteiger partial charge on any atom is 0.0254 e. The van der Waals surface area contributed by atoms with Gasteiger partial charge < -0.3 is 0 Å². The number of hydrogen-bond acceptors (Lipinski definition) is 0. The predicted octanol–water partition coefficient (Wildman–Crippen LogP) is 13.3. The maximum absolute atomic E-state index is 5.98. The van der Waals surface area contributed by atoms with Crippen molar-refractivity contribution in [3.8, 4) is 90.2 Å². The number of rotatable bonds is 7. The zero-order valence-electron chi connectivity index (χ0n) is 27.6. The number of benzene rings is 8. The summed E-state index contributed by atoms with van der Waals surface area (Å²) >= 11 is 0. The van der Waals surface area contributed by atoms with Gasteiger partial charge in [0, 0.05) is 5.56 Å². The number of hydrogen-bond donors (Lipinski definition) is 0. The molecule has 8 rings (SSSR count). The van der Waals surface area contributed by atoms with Crippen molar-refractivity contribution in [1.82, 2.24) is 0 Å². The third-order valence-electron chi connectivity index (χ3n) is 9.36. The molecule has 234 valence electrons. The van der Waals surface area contributed by atoms with E-state index in [1.54, 1.807) is 0 Å². The minimum atomic E-state index is 0.866. The molecular weight excluding hydrogens is 601 g/mol. The van der Waals surface area contributed by atoms with E-state index in [1.807, 2.05) is 6.07 Å². The SMILES string of the molecule is C#Cc1cc(-c2ccc(-c3cccc(-c4ccc(-c5ccccc5)cc4)c3)cc2)cc(-c2cccc(-c3ccc(-c4ccccc4)cc3)c2)c1. The Hall–Kier alpha value is -6.68. The van der Waals surface area contributed by atoms with Crippen molar-refractivity contribution in [3.05, 3.63) is 206 Å². The summed E-state index contributed by atoms with van der Waals surface area (Å²) in [6, 6.07) is 71.3. The summed E-state index contributed by atoms with van der Waals surface area (Å²) < 4.78 is 0. The van der Waals surface area contributed by atoms with Crippen molar-refractivity contribution < 1.29 is 0 Å². The summed E-state index contributed by atoms with van der Waals surface area (Å²) in [5, 5.41) is 0. The van der Waals surface area contributed by atoms with Gasteiger partial charge in [-0.3, -0.25) is 0 Å². The van der Waals surface area contributed by atoms with Crippen molar-refractivity contribution in [3.63, 3.8) is 0 Å². The molecule has 0 unspecified atom stereocenters. The third kappa shape index (κ3) is 6.54. The molecular formula is C50H34. The molecule has 0 aliphatic rings. The molecule has 0 radical (unpaired) electrons. The Balaban J connectivity index is 1.04. The van der Waals surface area contributed by atoms with Gasteiger partial charge in [0.05, 0.1) is 0 Å². The summed E-state index contributed by atoms with van der Waals surface area (Å²) in [5.41, 5.74) is 17.4. The molecule has 0 aromatic heterocycles. The van der Waals surface area contributed by atoms with Gasteiger partial charge >= 0.3 is 0 Å². The highest BCUT2D eigenvalue weighted by Gasteiger charge is 2.09. The van der Waals surface area contributed by atoms with Gasteiger partial charge in [0.25, 0.3) is 0 Å². The van der Waals surface area contributed by atoms with Crippen LogP contribution in [0.15, 0.2) is 200 Å². The van der Waals surface area contributed by atoms with Crippen LogP contribution in [0.3, 0.4) is 0 Å². The highest BCUT2D eigenvalue weighted by Crippen LogP contribution is 2.34. The first-order valence-electron chi connectivity index (χ1n) is 16.9. The van der Waals surface area contributed by atoms with Gasteiger partial charge in [0.2, 0.25) is 0 Å². The molecule has 0 atom stereocenters. The summed E-state index contributed by atoms with van der Waals surface area (Å²) in [6.45, 7) is 0. The monoisotopic (exact) mass is 634 g/mol. The first kappa shape index (κ1) is 30.6. The number of terminal acetylenes is 1. The first-order valence-corrected chi connectivity index (χ1v) is 16.9. The minimum Gasteiger partial charge on any atom is -0.115 e. The van der Waals surface area contributed by atoms with Crippen molar-refractivity contribution in [2.45, 2.75) is 0 Å². The molecule has 0 saturated carbocycles. The zero-order valence-corrected chi connectivity index (χ0v) is 27.6. The van der Waals surface area contributed by atoms with Crippen LogP contribution in [0.1, 0.15) is 5.56 Å². The van der Waals surface area contributed by atoms with Crippen LogP contribution in [-0.2, 0) is 0 Å². The van der Waals surface area contributed by atoms with Gasteiger partial charge in [-0.15, -0.1) is 6.42 Å². The quantitative estimate of drug-likeness (QED) is 0.153. The van der Waals surface area contributed by atoms with Crippen LogP contribution >= 0.6 is 0 Å². The van der Waals surface area contributed by atoms with Gasteiger partial charge in [0.1, 0.15) is 0 Å². The van der Waals surface area contributed by atoms with Crippen LogP contribution in [-0.4, -0.2) is 0 Å². The van der Waals surface area contributed by atoms with Gasteiger partial charge in [-0.05, 0) is 108 Å². The second kappa shape index (κ2) is 13.8. The second-order valence-corrected chi connectivity index (χ2v) is 12.6. The summed E-state index contributed by atoms with van der Waals surface area (Å²) in [5.74, 6) is 2.89. The topological polar surface area (TPSA) is 0 Å². The van der Waals surface area contributed by atoms with Crippen LogP contribution in [0, 0.1) is 12.3 Å². The fraction of sp³-hybridized carbons (Fsp3) is 0. The first-order chi connectivity index (χ1) is 24.7. The molecule has 0 heterocycles. The van der Waals surface area contributed by atoms with Gasteiger partial charge in [0.15, 0.2) is 0 Å². The normalized spacial score (nSPS) is 10.8. The standard InChI is InChI=1S/C50H34/c1-2-36-31-49(35-50(32-36)48-18-10-17-47(34-48)42-25-21-40(22-26-42)38-13-7-4-8-14-38)44-29-27-43(28-30-44)46-16-9-15-45(33-46)41-23-19-39(20-24-41)37-11-5-3-6-12-37/h1,3-35H. The van der Waals surface area contributed by atoms with E-state index in [-0.39, 0.29) is 0 Å². The molecule has 0 fully saturated rings. The van der Waals surface area contributed by atoms with Crippen LogP contribution < -0.4 is 0 Å². The van der Waals surface area contributed by atoms with Crippen LogP contribution in [0.4, 0.5) is 0 Å². The lowest BCUT2D eigenvalue weighted by atomic mass is 9.93. The Morgan fingerprint density at radius 1 is 0.220 bits per heavy atom. The fourth-order valence-electron chi connectivity index (χ4n) is 6.63. The summed E-state index contributed by atoms with van der Waals surface area (Å²) in [4.78, 5) is 0. The van der Waals surface area contributed by atoms with E-state index in [0.29, 0.717) is 0 Å². The highest BCUT2D eigenvalue weighted by molar-refractivity contribution is 5.81. The summed E-state index contributed by atoms with van der Waals surface area (Å²) in [7, 11) is 0. The third-order valence-corrected chi connectivity index (χ3v) is 9.36. The highest BCUT2D eigenvalue weighted by atomic mass is 14.1. The molecule has 0 bridgehead atoms. The van der Waals surface area contributed by atoms with Crippen molar-refractivity contribution in [2.75, 3.05) is 0 Å². The average Bonchev–Trinajstić information content (AvgIpc) is 3.21. The largest absolute Gasteiger partial charge is 0.115 e. The van der Waals surface area contributed by atoms with Crippen molar-refractivity contribution in [1.29, 1.82) is 0 Å². The smallest absolute Gasteiger partial charge is 0.0254 e. The molecule has 0 N–H and O–H groups in total. The molecule has 8 aromatic rings. The van der Waals surface area contributed by atoms with Gasteiger partial charge in [-0.1, -0.05) is 176 Å². The minimum absolute atomic E-state index is 0.866. The Morgan fingerprint density at radius 3 is 0.820 bits per heavy atom. The Bertz CT molecular complexity index is 2430. The fourth-order valence-corrected chi connectivity index (χ4v) is 6.63. The Labute approximate surface area is 295 Å². The molecule has 0 aliphatic heterocycles. The van der Waals surface area contributed by atoms with E-state index >= 15 is 0 Å². The molecule has 50 heavy (non-hydrogen) atoms. The molecule has 0 spiro atoms. The van der Waals surface area contributed by atoms with E-state index in [0.717, 1.165) is 27.8 Å².